The maximum Gasteiger partial charge on any atom is 0.126 e. The van der Waals surface area contributed by atoms with Crippen LogP contribution in [0.1, 0.15) is 34.1 Å². The summed E-state index contributed by atoms with van der Waals surface area (Å²) in [6, 6.07) is 11.6. The van der Waals surface area contributed by atoms with Gasteiger partial charge in [-0.2, -0.15) is 5.26 Å². The highest BCUT2D eigenvalue weighted by molar-refractivity contribution is 5.23. The van der Waals surface area contributed by atoms with Gasteiger partial charge in [0.25, 0.3) is 0 Å². The normalized spacial score (nSPS) is 10.4. The quantitative estimate of drug-likeness (QED) is 0.707. The molecule has 86 valence electrons. The first-order chi connectivity index (χ1) is 7.65. The van der Waals surface area contributed by atoms with Gasteiger partial charge in [0.1, 0.15) is 5.75 Å². The van der Waals surface area contributed by atoms with Crippen molar-refractivity contribution >= 4 is 0 Å². The maximum atomic E-state index is 7.32. The lowest BCUT2D eigenvalue weighted by Gasteiger charge is -2.08. The summed E-state index contributed by atoms with van der Waals surface area (Å²) in [5, 5.41) is 7.32. The van der Waals surface area contributed by atoms with Crippen LogP contribution < -0.4 is 4.74 Å². The van der Waals surface area contributed by atoms with Crippen molar-refractivity contribution in [1.29, 1.82) is 5.26 Å². The highest BCUT2D eigenvalue weighted by atomic mass is 16.5. The smallest absolute Gasteiger partial charge is 0.126 e. The number of para-hydroxylation sites is 1. The van der Waals surface area contributed by atoms with Crippen LogP contribution in [0.4, 0.5) is 0 Å². The number of ether oxygens (including phenoxy) is 1. The Balaban J connectivity index is 0.000000673. The van der Waals surface area contributed by atoms with Crippen LogP contribution in [0.2, 0.25) is 0 Å². The summed E-state index contributed by atoms with van der Waals surface area (Å²) in [7, 11) is 0. The number of hydrogen-bond acceptors (Lipinski definition) is 2. The molecule has 0 saturated carbocycles. The molecule has 0 saturated heterocycles. The third kappa shape index (κ3) is 5.87. The summed E-state index contributed by atoms with van der Waals surface area (Å²) in [4.78, 5) is 0. The first-order valence-corrected chi connectivity index (χ1v) is 5.35. The van der Waals surface area contributed by atoms with Crippen molar-refractivity contribution in [3.63, 3.8) is 0 Å². The van der Waals surface area contributed by atoms with Gasteiger partial charge >= 0.3 is 0 Å². The summed E-state index contributed by atoms with van der Waals surface area (Å²) in [5.41, 5.74) is 1.30. The number of nitrogens with zero attached hydrogens (tertiary/aromatic N) is 1. The first kappa shape index (κ1) is 14.2. The second-order valence-corrected chi connectivity index (χ2v) is 3.33. The zero-order chi connectivity index (χ0) is 12.4. The molecule has 16 heavy (non-hydrogen) atoms. The molecule has 0 aliphatic carbocycles. The topological polar surface area (TPSA) is 33.0 Å². The molecule has 0 amide bonds. The molecule has 2 nitrogen and oxygen atoms in total. The van der Waals surface area contributed by atoms with E-state index in [-0.39, 0.29) is 0 Å². The number of hydrogen-bond donors (Lipinski definition) is 0. The summed E-state index contributed by atoms with van der Waals surface area (Å²) in [6.07, 6.45) is 1.04. The van der Waals surface area contributed by atoms with Crippen LogP contribution in [0.3, 0.4) is 0 Å². The molecule has 0 radical (unpaired) electrons. The van der Waals surface area contributed by atoms with E-state index in [0.29, 0.717) is 0 Å². The Kier molecular flexibility index (Phi) is 7.61. The fraction of sp³-hybridized carbons (Fsp3) is 0.357. The Morgan fingerprint density at radius 2 is 1.75 bits per heavy atom. The second kappa shape index (κ2) is 8.55. The fourth-order valence-corrected chi connectivity index (χ4v) is 1.00. The third-order valence-corrected chi connectivity index (χ3v) is 2.15. The van der Waals surface area contributed by atoms with Gasteiger partial charge in [-0.3, -0.25) is 0 Å². The van der Waals surface area contributed by atoms with Crippen molar-refractivity contribution in [3.05, 3.63) is 41.7 Å². The average molecular weight is 217 g/mol. The van der Waals surface area contributed by atoms with E-state index in [1.807, 2.05) is 37.3 Å². The number of nitriles is 1. The van der Waals surface area contributed by atoms with Crippen LogP contribution in [-0.4, -0.2) is 0 Å². The number of rotatable bonds is 3. The van der Waals surface area contributed by atoms with Gasteiger partial charge in [0.2, 0.25) is 0 Å². The molecule has 0 aliphatic heterocycles. The van der Waals surface area contributed by atoms with E-state index in [1.54, 1.807) is 6.07 Å². The summed E-state index contributed by atoms with van der Waals surface area (Å²) in [5.74, 6) is 1.92. The summed E-state index contributed by atoms with van der Waals surface area (Å²) < 4.78 is 5.65. The van der Waals surface area contributed by atoms with Crippen LogP contribution in [0, 0.1) is 11.3 Å². The van der Waals surface area contributed by atoms with Crippen LogP contribution in [-0.2, 0) is 0 Å². The van der Waals surface area contributed by atoms with Crippen LogP contribution in [0.5, 0.6) is 5.75 Å². The van der Waals surface area contributed by atoms with Crippen LogP contribution >= 0.6 is 0 Å². The molecule has 0 N–H and O–H groups in total. The molecule has 0 atom stereocenters. The zero-order valence-electron chi connectivity index (χ0n) is 10.4. The molecule has 0 unspecified atom stereocenters. The Morgan fingerprint density at radius 3 is 2.19 bits per heavy atom. The van der Waals surface area contributed by atoms with Gasteiger partial charge in [0.15, 0.2) is 0 Å². The standard InChI is InChI=1S/C12H16O.C2H3N/c1-4-10(2)11(3)13-12-8-6-5-7-9-12;1-2-3/h5-9H,4H2,1-3H3;1H3/b11-10+;. The van der Waals surface area contributed by atoms with Gasteiger partial charge in [-0.15, -0.1) is 0 Å². The molecule has 1 aromatic carbocycles. The Labute approximate surface area is 98.2 Å². The molecule has 1 rings (SSSR count). The molecular formula is C14H19NO. The van der Waals surface area contributed by atoms with E-state index >= 15 is 0 Å². The van der Waals surface area contributed by atoms with E-state index in [0.717, 1.165) is 17.9 Å². The Bertz CT molecular complexity index is 360. The zero-order valence-corrected chi connectivity index (χ0v) is 10.4. The average Bonchev–Trinajstić information content (AvgIpc) is 2.30. The highest BCUT2D eigenvalue weighted by Gasteiger charge is 1.97. The van der Waals surface area contributed by atoms with Gasteiger partial charge in [-0.05, 0) is 38.0 Å². The van der Waals surface area contributed by atoms with E-state index in [4.69, 9.17) is 10.00 Å². The van der Waals surface area contributed by atoms with Gasteiger partial charge in [0.05, 0.1) is 11.8 Å². The van der Waals surface area contributed by atoms with Gasteiger partial charge in [-0.25, -0.2) is 0 Å². The van der Waals surface area contributed by atoms with E-state index in [2.05, 4.69) is 13.8 Å². The van der Waals surface area contributed by atoms with E-state index in [1.165, 1.54) is 12.5 Å². The van der Waals surface area contributed by atoms with Crippen LogP contribution in [0.15, 0.2) is 41.7 Å². The molecular weight excluding hydrogens is 198 g/mol. The second-order valence-electron chi connectivity index (χ2n) is 3.33. The lowest BCUT2D eigenvalue weighted by Crippen LogP contribution is -1.93. The van der Waals surface area contributed by atoms with Crippen molar-refractivity contribution in [2.45, 2.75) is 34.1 Å². The van der Waals surface area contributed by atoms with Crippen molar-refractivity contribution in [2.24, 2.45) is 0 Å². The van der Waals surface area contributed by atoms with E-state index in [9.17, 15) is 0 Å². The van der Waals surface area contributed by atoms with Crippen molar-refractivity contribution < 1.29 is 4.74 Å². The molecule has 0 bridgehead atoms. The van der Waals surface area contributed by atoms with Crippen molar-refractivity contribution in [3.8, 4) is 11.8 Å². The Morgan fingerprint density at radius 1 is 1.25 bits per heavy atom. The highest BCUT2D eigenvalue weighted by Crippen LogP contribution is 2.15. The molecule has 0 spiro atoms. The largest absolute Gasteiger partial charge is 0.462 e. The summed E-state index contributed by atoms with van der Waals surface area (Å²) in [6.45, 7) is 7.66. The SMILES string of the molecule is CC#N.CC/C(C)=C(\C)Oc1ccccc1. The van der Waals surface area contributed by atoms with Crippen LogP contribution in [0.25, 0.3) is 0 Å². The summed E-state index contributed by atoms with van der Waals surface area (Å²) >= 11 is 0. The molecule has 0 aliphatic rings. The molecule has 0 fully saturated rings. The minimum Gasteiger partial charge on any atom is -0.462 e. The van der Waals surface area contributed by atoms with Crippen molar-refractivity contribution in [1.82, 2.24) is 0 Å². The molecule has 0 heterocycles. The predicted molar refractivity (Wildman–Crippen MR) is 67.0 cm³/mol. The van der Waals surface area contributed by atoms with E-state index < -0.39 is 0 Å². The minimum atomic E-state index is 0.910. The minimum absolute atomic E-state index is 0.910. The third-order valence-electron chi connectivity index (χ3n) is 2.15. The lowest BCUT2D eigenvalue weighted by molar-refractivity contribution is 0.419. The van der Waals surface area contributed by atoms with Crippen molar-refractivity contribution in [2.75, 3.05) is 0 Å². The lowest BCUT2D eigenvalue weighted by atomic mass is 10.2. The molecule has 0 aromatic heterocycles. The van der Waals surface area contributed by atoms with Gasteiger partial charge < -0.3 is 4.74 Å². The van der Waals surface area contributed by atoms with Gasteiger partial charge in [0, 0.05) is 6.92 Å². The molecule has 2 heteroatoms. The maximum absolute atomic E-state index is 7.32. The number of benzene rings is 1. The first-order valence-electron chi connectivity index (χ1n) is 5.35. The van der Waals surface area contributed by atoms with Gasteiger partial charge in [-0.1, -0.05) is 25.1 Å². The molecule has 1 aromatic rings. The number of allylic oxidation sites excluding steroid dienone is 2. The Hall–Kier alpha value is -1.75. The fourth-order valence-electron chi connectivity index (χ4n) is 1.00. The predicted octanol–water partition coefficient (Wildman–Crippen LogP) is 4.30. The monoisotopic (exact) mass is 217 g/mol.